The number of allylic oxidation sites excluding steroid dienone is 4. The minimum absolute atomic E-state index is 0.284. The largest absolute Gasteiger partial charge is 0.298 e. The zero-order valence-electron chi connectivity index (χ0n) is 10.7. The third kappa shape index (κ3) is 1.66. The Bertz CT molecular complexity index is 360. The van der Waals surface area contributed by atoms with E-state index in [0.29, 0.717) is 5.41 Å². The lowest BCUT2D eigenvalue weighted by atomic mass is 9.55. The molecule has 0 bridgehead atoms. The van der Waals surface area contributed by atoms with Gasteiger partial charge in [-0.3, -0.25) is 4.79 Å². The van der Waals surface area contributed by atoms with Crippen molar-refractivity contribution in [2.45, 2.75) is 52.9 Å². The Balaban J connectivity index is 2.37. The highest BCUT2D eigenvalue weighted by Crippen LogP contribution is 2.56. The average molecular weight is 218 g/mol. The fourth-order valence-electron chi connectivity index (χ4n) is 3.26. The van der Waals surface area contributed by atoms with Gasteiger partial charge >= 0.3 is 0 Å². The number of hydrogen-bond donors (Lipinski definition) is 0. The van der Waals surface area contributed by atoms with Crippen LogP contribution in [0.3, 0.4) is 0 Å². The molecule has 2 aliphatic carbocycles. The molecule has 0 unspecified atom stereocenters. The third-order valence-corrected chi connectivity index (χ3v) is 5.01. The molecule has 0 spiro atoms. The van der Waals surface area contributed by atoms with Gasteiger partial charge in [0.15, 0.2) is 0 Å². The Kier molecular flexibility index (Phi) is 2.81. The van der Waals surface area contributed by atoms with Gasteiger partial charge in [0.1, 0.15) is 6.29 Å². The smallest absolute Gasteiger partial charge is 0.146 e. The molecule has 0 aromatic carbocycles. The first-order valence-corrected chi connectivity index (χ1v) is 6.35. The Morgan fingerprint density at radius 1 is 1.12 bits per heavy atom. The molecule has 16 heavy (non-hydrogen) atoms. The minimum atomic E-state index is 0.284. The Labute approximate surface area is 98.6 Å². The number of hydrogen-bond acceptors (Lipinski definition) is 1. The van der Waals surface area contributed by atoms with Crippen molar-refractivity contribution in [1.82, 2.24) is 0 Å². The fourth-order valence-corrected chi connectivity index (χ4v) is 3.26. The molecule has 2 rings (SSSR count). The first-order chi connectivity index (χ1) is 7.49. The summed E-state index contributed by atoms with van der Waals surface area (Å²) in [5.74, 6) is 0. The van der Waals surface area contributed by atoms with Crippen molar-refractivity contribution in [2.75, 3.05) is 0 Å². The molecule has 1 atom stereocenters. The molecule has 0 amide bonds. The zero-order chi connectivity index (χ0) is 11.8. The van der Waals surface area contributed by atoms with Crippen molar-refractivity contribution in [3.05, 3.63) is 23.3 Å². The second-order valence-electron chi connectivity index (χ2n) is 6.12. The highest BCUT2D eigenvalue weighted by atomic mass is 16.1. The summed E-state index contributed by atoms with van der Waals surface area (Å²) in [6.07, 6.45) is 11.1. The van der Waals surface area contributed by atoms with Crippen LogP contribution < -0.4 is 0 Å². The van der Waals surface area contributed by atoms with Gasteiger partial charge < -0.3 is 0 Å². The molecular formula is C15H22O. The van der Waals surface area contributed by atoms with Crippen molar-refractivity contribution in [3.63, 3.8) is 0 Å². The Hall–Kier alpha value is -0.850. The molecule has 0 aromatic rings. The topological polar surface area (TPSA) is 17.1 Å². The van der Waals surface area contributed by atoms with E-state index in [1.165, 1.54) is 19.3 Å². The molecule has 1 saturated carbocycles. The maximum Gasteiger partial charge on any atom is 0.146 e. The van der Waals surface area contributed by atoms with E-state index in [1.54, 1.807) is 5.57 Å². The first kappa shape index (κ1) is 11.6. The molecule has 88 valence electrons. The van der Waals surface area contributed by atoms with Crippen LogP contribution in [0.5, 0.6) is 0 Å². The molecule has 1 nitrogen and oxygen atoms in total. The van der Waals surface area contributed by atoms with Gasteiger partial charge in [-0.15, -0.1) is 0 Å². The van der Waals surface area contributed by atoms with Crippen LogP contribution in [-0.2, 0) is 4.79 Å². The van der Waals surface area contributed by atoms with Gasteiger partial charge in [0.25, 0.3) is 0 Å². The lowest BCUT2D eigenvalue weighted by molar-refractivity contribution is -0.105. The van der Waals surface area contributed by atoms with Crippen molar-refractivity contribution in [3.8, 4) is 0 Å². The molecule has 1 heteroatoms. The average Bonchev–Trinajstić information content (AvgIpc) is 2.40. The second kappa shape index (κ2) is 3.87. The molecule has 0 aliphatic heterocycles. The van der Waals surface area contributed by atoms with Crippen LogP contribution in [0.2, 0.25) is 0 Å². The SMILES string of the molecule is CC1(C)CCCC2=CC=C(C=O)CC[C@]21C. The number of rotatable bonds is 1. The lowest BCUT2D eigenvalue weighted by Crippen LogP contribution is -2.39. The molecule has 0 N–H and O–H groups in total. The summed E-state index contributed by atoms with van der Waals surface area (Å²) in [7, 11) is 0. The van der Waals surface area contributed by atoms with Gasteiger partial charge in [0.2, 0.25) is 0 Å². The van der Waals surface area contributed by atoms with Crippen molar-refractivity contribution < 1.29 is 4.79 Å². The van der Waals surface area contributed by atoms with Crippen LogP contribution in [0.1, 0.15) is 52.9 Å². The highest BCUT2D eigenvalue weighted by molar-refractivity contribution is 5.74. The summed E-state index contributed by atoms with van der Waals surface area (Å²) in [5, 5.41) is 0. The number of carbonyl (C=O) groups excluding carboxylic acids is 1. The summed E-state index contributed by atoms with van der Waals surface area (Å²) >= 11 is 0. The monoisotopic (exact) mass is 218 g/mol. The molecular weight excluding hydrogens is 196 g/mol. The van der Waals surface area contributed by atoms with Gasteiger partial charge in [0.05, 0.1) is 0 Å². The summed E-state index contributed by atoms with van der Waals surface area (Å²) in [6.45, 7) is 7.15. The van der Waals surface area contributed by atoms with Gasteiger partial charge in [-0.05, 0) is 48.5 Å². The molecule has 2 aliphatic rings. The first-order valence-electron chi connectivity index (χ1n) is 6.35. The van der Waals surface area contributed by atoms with Crippen molar-refractivity contribution in [1.29, 1.82) is 0 Å². The van der Waals surface area contributed by atoms with E-state index in [-0.39, 0.29) is 5.41 Å². The van der Waals surface area contributed by atoms with Crippen molar-refractivity contribution >= 4 is 6.29 Å². The quantitative estimate of drug-likeness (QED) is 0.607. The predicted molar refractivity (Wildman–Crippen MR) is 67.2 cm³/mol. The molecule has 0 radical (unpaired) electrons. The normalized spacial score (nSPS) is 33.2. The van der Waals surface area contributed by atoms with Crippen molar-refractivity contribution in [2.24, 2.45) is 10.8 Å². The predicted octanol–water partition coefficient (Wildman–Crippen LogP) is 4.05. The minimum Gasteiger partial charge on any atom is -0.298 e. The number of aldehydes is 1. The second-order valence-corrected chi connectivity index (χ2v) is 6.12. The maximum absolute atomic E-state index is 10.9. The standard InChI is InChI=1S/C15H22O/c1-14(2)9-4-5-13-7-6-12(11-16)8-10-15(13,14)3/h6-7,11H,4-5,8-10H2,1-3H3/t15-/m1/s1. The van der Waals surface area contributed by atoms with Crippen LogP contribution in [-0.4, -0.2) is 6.29 Å². The molecule has 1 fully saturated rings. The van der Waals surface area contributed by atoms with Gasteiger partial charge in [-0.1, -0.05) is 38.5 Å². The Morgan fingerprint density at radius 2 is 1.88 bits per heavy atom. The van der Waals surface area contributed by atoms with E-state index in [4.69, 9.17) is 0 Å². The number of fused-ring (bicyclic) bond motifs is 1. The summed E-state index contributed by atoms with van der Waals surface area (Å²) < 4.78 is 0. The maximum atomic E-state index is 10.9. The van der Waals surface area contributed by atoms with Gasteiger partial charge in [-0.25, -0.2) is 0 Å². The van der Waals surface area contributed by atoms with Crippen LogP contribution >= 0.6 is 0 Å². The van der Waals surface area contributed by atoms with E-state index in [9.17, 15) is 4.79 Å². The Morgan fingerprint density at radius 3 is 2.56 bits per heavy atom. The van der Waals surface area contributed by atoms with Gasteiger partial charge in [0, 0.05) is 0 Å². The molecule has 0 saturated heterocycles. The molecule has 0 heterocycles. The summed E-state index contributed by atoms with van der Waals surface area (Å²) in [6, 6.07) is 0. The third-order valence-electron chi connectivity index (χ3n) is 5.01. The summed E-state index contributed by atoms with van der Waals surface area (Å²) in [4.78, 5) is 10.9. The molecule has 0 aromatic heterocycles. The fraction of sp³-hybridized carbons (Fsp3) is 0.667. The highest BCUT2D eigenvalue weighted by Gasteiger charge is 2.45. The lowest BCUT2D eigenvalue weighted by Gasteiger charge is -2.50. The zero-order valence-corrected chi connectivity index (χ0v) is 10.7. The van der Waals surface area contributed by atoms with E-state index in [1.807, 2.05) is 6.08 Å². The van der Waals surface area contributed by atoms with E-state index >= 15 is 0 Å². The van der Waals surface area contributed by atoms with Crippen LogP contribution in [0.15, 0.2) is 23.3 Å². The summed E-state index contributed by atoms with van der Waals surface area (Å²) in [5.41, 5.74) is 3.16. The van der Waals surface area contributed by atoms with E-state index in [2.05, 4.69) is 26.8 Å². The van der Waals surface area contributed by atoms with Crippen LogP contribution in [0.25, 0.3) is 0 Å². The van der Waals surface area contributed by atoms with E-state index in [0.717, 1.165) is 24.7 Å². The van der Waals surface area contributed by atoms with Gasteiger partial charge in [-0.2, -0.15) is 0 Å². The van der Waals surface area contributed by atoms with Crippen LogP contribution in [0, 0.1) is 10.8 Å². The number of carbonyl (C=O) groups is 1. The van der Waals surface area contributed by atoms with Crippen LogP contribution in [0.4, 0.5) is 0 Å². The van der Waals surface area contributed by atoms with E-state index < -0.39 is 0 Å².